The fourth-order valence-corrected chi connectivity index (χ4v) is 2.71. The Labute approximate surface area is 108 Å². The molecule has 1 saturated carbocycles. The van der Waals surface area contributed by atoms with E-state index in [0.29, 0.717) is 11.5 Å². The molecule has 1 aliphatic carbocycles. The van der Waals surface area contributed by atoms with Crippen molar-refractivity contribution in [3.05, 3.63) is 35.4 Å². The highest BCUT2D eigenvalue weighted by Gasteiger charge is 2.16. The van der Waals surface area contributed by atoms with Crippen molar-refractivity contribution in [1.82, 2.24) is 0 Å². The van der Waals surface area contributed by atoms with Crippen LogP contribution < -0.4 is 0 Å². The molecule has 0 saturated heterocycles. The van der Waals surface area contributed by atoms with Crippen LogP contribution in [0.25, 0.3) is 0 Å². The minimum atomic E-state index is -0.0728. The second-order valence-electron chi connectivity index (χ2n) is 5.26. The highest BCUT2D eigenvalue weighted by atomic mass is 16.1. The Morgan fingerprint density at radius 1 is 1.06 bits per heavy atom. The highest BCUT2D eigenvalue weighted by Crippen LogP contribution is 2.32. The lowest BCUT2D eigenvalue weighted by Crippen LogP contribution is -2.07. The summed E-state index contributed by atoms with van der Waals surface area (Å²) in [6, 6.07) is 7.86. The molecule has 1 aromatic rings. The summed E-state index contributed by atoms with van der Waals surface area (Å²) in [4.78, 5) is 22.6. The zero-order chi connectivity index (χ0) is 13.0. The summed E-state index contributed by atoms with van der Waals surface area (Å²) in [5.74, 6) is 0.518. The van der Waals surface area contributed by atoms with E-state index in [9.17, 15) is 9.59 Å². The quantitative estimate of drug-likeness (QED) is 0.594. The van der Waals surface area contributed by atoms with E-state index in [1.54, 1.807) is 0 Å². The molecule has 0 amide bonds. The molecule has 0 unspecified atom stereocenters. The van der Waals surface area contributed by atoms with Crippen LogP contribution in [0.5, 0.6) is 0 Å². The third-order valence-corrected chi connectivity index (χ3v) is 3.72. The molecule has 0 heterocycles. The summed E-state index contributed by atoms with van der Waals surface area (Å²) in [5, 5.41) is 0. The first kappa shape index (κ1) is 13.0. The number of rotatable bonds is 4. The Hall–Kier alpha value is -1.44. The van der Waals surface area contributed by atoms with Gasteiger partial charge in [0.15, 0.2) is 5.78 Å². The number of carbonyl (C=O) groups is 2. The van der Waals surface area contributed by atoms with Crippen molar-refractivity contribution in [2.75, 3.05) is 0 Å². The first-order valence-corrected chi connectivity index (χ1v) is 6.79. The van der Waals surface area contributed by atoms with E-state index in [1.165, 1.54) is 44.6 Å². The molecule has 0 radical (unpaired) electrons. The maximum absolute atomic E-state index is 11.7. The number of ketones is 2. The number of carbonyl (C=O) groups excluding carboxylic acids is 2. The second kappa shape index (κ2) is 5.94. The van der Waals surface area contributed by atoms with Gasteiger partial charge < -0.3 is 0 Å². The average Bonchev–Trinajstić information content (AvgIpc) is 2.39. The minimum absolute atomic E-state index is 0.0166. The predicted molar refractivity (Wildman–Crippen MR) is 71.9 cm³/mol. The molecule has 2 heteroatoms. The topological polar surface area (TPSA) is 34.1 Å². The molecule has 0 atom stereocenters. The third kappa shape index (κ3) is 3.28. The van der Waals surface area contributed by atoms with E-state index in [1.807, 2.05) is 12.1 Å². The van der Waals surface area contributed by atoms with Crippen molar-refractivity contribution in [1.29, 1.82) is 0 Å². The van der Waals surface area contributed by atoms with Crippen LogP contribution in [0.3, 0.4) is 0 Å². The Balaban J connectivity index is 2.04. The first-order valence-electron chi connectivity index (χ1n) is 6.79. The van der Waals surface area contributed by atoms with Crippen molar-refractivity contribution in [3.8, 4) is 0 Å². The van der Waals surface area contributed by atoms with E-state index >= 15 is 0 Å². The third-order valence-electron chi connectivity index (χ3n) is 3.72. The van der Waals surface area contributed by atoms with Gasteiger partial charge in [-0.3, -0.25) is 9.59 Å². The van der Waals surface area contributed by atoms with Crippen molar-refractivity contribution in [2.45, 2.75) is 51.4 Å². The van der Waals surface area contributed by atoms with Crippen LogP contribution >= 0.6 is 0 Å². The van der Waals surface area contributed by atoms with Crippen LogP contribution in [0.1, 0.15) is 67.3 Å². The van der Waals surface area contributed by atoms with Crippen molar-refractivity contribution < 1.29 is 9.59 Å². The highest BCUT2D eigenvalue weighted by molar-refractivity contribution is 6.07. The first-order chi connectivity index (χ1) is 8.66. The lowest BCUT2D eigenvalue weighted by molar-refractivity contribution is -0.116. The molecule has 0 aliphatic heterocycles. The van der Waals surface area contributed by atoms with Crippen LogP contribution in [0, 0.1) is 0 Å². The van der Waals surface area contributed by atoms with E-state index in [0.717, 1.165) is 0 Å². The zero-order valence-corrected chi connectivity index (χ0v) is 10.9. The summed E-state index contributed by atoms with van der Waals surface area (Å²) < 4.78 is 0. The average molecular weight is 244 g/mol. The number of hydrogen-bond donors (Lipinski definition) is 0. The largest absolute Gasteiger partial charge is 0.300 e. The monoisotopic (exact) mass is 244 g/mol. The number of hydrogen-bond acceptors (Lipinski definition) is 2. The summed E-state index contributed by atoms with van der Waals surface area (Å²) in [7, 11) is 0. The molecule has 2 rings (SSSR count). The van der Waals surface area contributed by atoms with E-state index < -0.39 is 0 Å². The molecule has 96 valence electrons. The van der Waals surface area contributed by atoms with E-state index in [2.05, 4.69) is 12.1 Å². The van der Waals surface area contributed by atoms with E-state index in [-0.39, 0.29) is 18.0 Å². The molecule has 0 spiro atoms. The maximum Gasteiger partial charge on any atom is 0.170 e. The number of Topliss-reactive ketones (excluding diaryl/α,β-unsaturated/α-hetero) is 2. The van der Waals surface area contributed by atoms with Crippen molar-refractivity contribution >= 4 is 11.6 Å². The van der Waals surface area contributed by atoms with Gasteiger partial charge in [0.1, 0.15) is 5.78 Å². The Morgan fingerprint density at radius 2 is 1.67 bits per heavy atom. The fourth-order valence-electron chi connectivity index (χ4n) is 2.71. The Morgan fingerprint density at radius 3 is 2.22 bits per heavy atom. The molecular formula is C16H20O2. The van der Waals surface area contributed by atoms with Crippen LogP contribution in [-0.2, 0) is 4.79 Å². The van der Waals surface area contributed by atoms with Crippen LogP contribution in [0.2, 0.25) is 0 Å². The van der Waals surface area contributed by atoms with Gasteiger partial charge >= 0.3 is 0 Å². The Bertz CT molecular complexity index is 425. The fraction of sp³-hybridized carbons (Fsp3) is 0.500. The Kier molecular flexibility index (Phi) is 4.29. The number of benzene rings is 1. The van der Waals surface area contributed by atoms with Gasteiger partial charge in [-0.25, -0.2) is 0 Å². The SMILES string of the molecule is CC(=O)CC(=O)c1ccc(C2CCCCC2)cc1. The summed E-state index contributed by atoms with van der Waals surface area (Å²) in [5.41, 5.74) is 2.00. The molecule has 1 aromatic carbocycles. The van der Waals surface area contributed by atoms with Gasteiger partial charge in [0, 0.05) is 5.56 Å². The van der Waals surface area contributed by atoms with Crippen LogP contribution in [0.15, 0.2) is 24.3 Å². The van der Waals surface area contributed by atoms with Crippen molar-refractivity contribution in [2.24, 2.45) is 0 Å². The van der Waals surface area contributed by atoms with Crippen LogP contribution in [-0.4, -0.2) is 11.6 Å². The summed E-state index contributed by atoms with van der Waals surface area (Å²) in [6.07, 6.45) is 6.53. The van der Waals surface area contributed by atoms with Gasteiger partial charge in [0.05, 0.1) is 6.42 Å². The lowest BCUT2D eigenvalue weighted by atomic mass is 9.84. The molecule has 1 fully saturated rings. The second-order valence-corrected chi connectivity index (χ2v) is 5.26. The summed E-state index contributed by atoms with van der Waals surface area (Å²) in [6.45, 7) is 1.45. The van der Waals surface area contributed by atoms with Gasteiger partial charge in [-0.05, 0) is 31.2 Å². The molecule has 1 aliphatic rings. The molecule has 0 aromatic heterocycles. The van der Waals surface area contributed by atoms with Gasteiger partial charge in [0.25, 0.3) is 0 Å². The van der Waals surface area contributed by atoms with Gasteiger partial charge in [0.2, 0.25) is 0 Å². The normalized spacial score (nSPS) is 16.5. The van der Waals surface area contributed by atoms with E-state index in [4.69, 9.17) is 0 Å². The van der Waals surface area contributed by atoms with Gasteiger partial charge in [-0.1, -0.05) is 43.5 Å². The van der Waals surface area contributed by atoms with Gasteiger partial charge in [-0.15, -0.1) is 0 Å². The maximum atomic E-state index is 11.7. The van der Waals surface area contributed by atoms with Crippen LogP contribution in [0.4, 0.5) is 0 Å². The molecular weight excluding hydrogens is 224 g/mol. The molecule has 18 heavy (non-hydrogen) atoms. The smallest absolute Gasteiger partial charge is 0.170 e. The van der Waals surface area contributed by atoms with Gasteiger partial charge in [-0.2, -0.15) is 0 Å². The predicted octanol–water partition coefficient (Wildman–Crippen LogP) is 3.90. The lowest BCUT2D eigenvalue weighted by Gasteiger charge is -2.22. The standard InChI is InChI=1S/C16H20O2/c1-12(17)11-16(18)15-9-7-14(8-10-15)13-5-3-2-4-6-13/h7-10,13H,2-6,11H2,1H3. The molecule has 0 N–H and O–H groups in total. The molecule has 2 nitrogen and oxygen atoms in total. The zero-order valence-electron chi connectivity index (χ0n) is 10.9. The summed E-state index contributed by atoms with van der Waals surface area (Å²) >= 11 is 0. The minimum Gasteiger partial charge on any atom is -0.300 e. The molecule has 0 bridgehead atoms. The van der Waals surface area contributed by atoms with Crippen molar-refractivity contribution in [3.63, 3.8) is 0 Å².